The van der Waals surface area contributed by atoms with Gasteiger partial charge in [-0.05, 0) is 57.9 Å². The Kier molecular flexibility index (Phi) is 5.78. The summed E-state index contributed by atoms with van der Waals surface area (Å²) in [6.07, 6.45) is 1.10. The molecule has 116 valence electrons. The molecule has 0 heterocycles. The van der Waals surface area contributed by atoms with Gasteiger partial charge in [-0.2, -0.15) is 0 Å². The number of rotatable bonds is 5. The molecule has 1 N–H and O–H groups in total. The van der Waals surface area contributed by atoms with E-state index in [1.165, 1.54) is 5.56 Å². The minimum absolute atomic E-state index is 0.0864. The van der Waals surface area contributed by atoms with Crippen molar-refractivity contribution in [3.63, 3.8) is 0 Å². The lowest BCUT2D eigenvalue weighted by atomic mass is 9.91. The van der Waals surface area contributed by atoms with Gasteiger partial charge in [0, 0.05) is 10.2 Å². The van der Waals surface area contributed by atoms with Crippen LogP contribution >= 0.6 is 15.9 Å². The summed E-state index contributed by atoms with van der Waals surface area (Å²) in [5.74, 6) is 0.953. The van der Waals surface area contributed by atoms with E-state index in [9.17, 15) is 4.79 Å². The van der Waals surface area contributed by atoms with Gasteiger partial charge in [0.2, 0.25) is 0 Å². The maximum Gasteiger partial charge on any atom is 0.256 e. The van der Waals surface area contributed by atoms with E-state index in [0.717, 1.165) is 16.6 Å². The summed E-state index contributed by atoms with van der Waals surface area (Å²) in [5.41, 5.74) is 2.74. The highest BCUT2D eigenvalue weighted by molar-refractivity contribution is 9.10. The van der Waals surface area contributed by atoms with Crippen molar-refractivity contribution in [2.45, 2.75) is 33.1 Å². The van der Waals surface area contributed by atoms with Gasteiger partial charge < -0.3 is 5.32 Å². The number of hydrogen-bond donors (Lipinski definition) is 1. The summed E-state index contributed by atoms with van der Waals surface area (Å²) < 4.78 is 0.806. The number of carbonyl (C=O) groups excluding carboxylic acids is 1. The molecule has 2 aromatic rings. The van der Waals surface area contributed by atoms with E-state index < -0.39 is 0 Å². The fourth-order valence-corrected chi connectivity index (χ4v) is 3.17. The molecule has 2 rings (SSSR count). The van der Waals surface area contributed by atoms with E-state index >= 15 is 0 Å². The molecule has 0 aliphatic carbocycles. The molecule has 0 spiro atoms. The summed E-state index contributed by atoms with van der Waals surface area (Å²) in [7, 11) is 0. The first-order valence-corrected chi connectivity index (χ1v) is 8.43. The summed E-state index contributed by atoms with van der Waals surface area (Å²) in [6, 6.07) is 15.5. The fraction of sp³-hybridized carbons (Fsp3) is 0.316. The van der Waals surface area contributed by atoms with E-state index in [4.69, 9.17) is 0 Å². The Bertz CT molecular complexity index is 651. The highest BCUT2D eigenvalue weighted by Crippen LogP contribution is 2.30. The minimum atomic E-state index is -0.0864. The van der Waals surface area contributed by atoms with Crippen LogP contribution in [0, 0.1) is 5.92 Å². The van der Waals surface area contributed by atoms with E-state index in [1.54, 1.807) is 0 Å². The second-order valence-electron chi connectivity index (χ2n) is 6.05. The molecule has 0 aliphatic heterocycles. The number of benzene rings is 2. The molecule has 1 unspecified atom stereocenters. The second-order valence-corrected chi connectivity index (χ2v) is 6.91. The molecule has 0 bridgehead atoms. The van der Waals surface area contributed by atoms with E-state index in [2.05, 4.69) is 48.1 Å². The Morgan fingerprint density at radius 1 is 1.05 bits per heavy atom. The van der Waals surface area contributed by atoms with Crippen LogP contribution < -0.4 is 5.32 Å². The Balaban J connectivity index is 2.23. The SMILES string of the molecule is CC(C)CC(C)c1ccccc1NC(=O)c1ccccc1Br. The lowest BCUT2D eigenvalue weighted by Gasteiger charge is -2.19. The van der Waals surface area contributed by atoms with Crippen molar-refractivity contribution >= 4 is 27.5 Å². The third kappa shape index (κ3) is 4.20. The molecule has 3 heteroatoms. The van der Waals surface area contributed by atoms with Crippen molar-refractivity contribution in [2.75, 3.05) is 5.32 Å². The molecule has 0 radical (unpaired) electrons. The van der Waals surface area contributed by atoms with Crippen molar-refractivity contribution in [3.8, 4) is 0 Å². The molecule has 2 aromatic carbocycles. The molecule has 22 heavy (non-hydrogen) atoms. The zero-order valence-corrected chi connectivity index (χ0v) is 14.9. The standard InChI is InChI=1S/C19H22BrNO/c1-13(2)12-14(3)15-8-5-7-11-18(15)21-19(22)16-9-4-6-10-17(16)20/h4-11,13-14H,12H2,1-3H3,(H,21,22). The number of hydrogen-bond acceptors (Lipinski definition) is 1. The van der Waals surface area contributed by atoms with Gasteiger partial charge >= 0.3 is 0 Å². The van der Waals surface area contributed by atoms with Crippen LogP contribution in [0.3, 0.4) is 0 Å². The highest BCUT2D eigenvalue weighted by Gasteiger charge is 2.15. The topological polar surface area (TPSA) is 29.1 Å². The van der Waals surface area contributed by atoms with Crippen molar-refractivity contribution in [1.82, 2.24) is 0 Å². The van der Waals surface area contributed by atoms with Gasteiger partial charge in [0.15, 0.2) is 0 Å². The number of carbonyl (C=O) groups is 1. The zero-order valence-electron chi connectivity index (χ0n) is 13.3. The average molecular weight is 360 g/mol. The van der Waals surface area contributed by atoms with Gasteiger partial charge in [-0.1, -0.05) is 51.1 Å². The minimum Gasteiger partial charge on any atom is -0.322 e. The summed E-state index contributed by atoms with van der Waals surface area (Å²) >= 11 is 3.43. The quantitative estimate of drug-likeness (QED) is 0.712. The molecule has 0 aliphatic rings. The van der Waals surface area contributed by atoms with Crippen LogP contribution in [0.2, 0.25) is 0 Å². The Morgan fingerprint density at radius 2 is 1.68 bits per heavy atom. The third-order valence-electron chi connectivity index (χ3n) is 3.68. The Labute approximate surface area is 141 Å². The molecule has 0 saturated carbocycles. The van der Waals surface area contributed by atoms with Gasteiger partial charge in [0.1, 0.15) is 0 Å². The number of para-hydroxylation sites is 1. The highest BCUT2D eigenvalue weighted by atomic mass is 79.9. The van der Waals surface area contributed by atoms with Crippen molar-refractivity contribution in [1.29, 1.82) is 0 Å². The van der Waals surface area contributed by atoms with Crippen LogP contribution in [0.15, 0.2) is 53.0 Å². The van der Waals surface area contributed by atoms with Gasteiger partial charge in [0.05, 0.1) is 5.56 Å². The summed E-state index contributed by atoms with van der Waals surface area (Å²) in [5, 5.41) is 3.05. The van der Waals surface area contributed by atoms with E-state index in [1.807, 2.05) is 42.5 Å². The molecule has 0 aromatic heterocycles. The number of halogens is 1. The van der Waals surface area contributed by atoms with Gasteiger partial charge in [-0.25, -0.2) is 0 Å². The normalized spacial score (nSPS) is 12.2. The second kappa shape index (κ2) is 7.59. The van der Waals surface area contributed by atoms with Crippen LogP contribution in [0.4, 0.5) is 5.69 Å². The molecular formula is C19H22BrNO. The predicted molar refractivity (Wildman–Crippen MR) is 96.4 cm³/mol. The Hall–Kier alpha value is -1.61. The summed E-state index contributed by atoms with van der Waals surface area (Å²) in [6.45, 7) is 6.65. The van der Waals surface area contributed by atoms with Crippen LogP contribution in [-0.2, 0) is 0 Å². The first kappa shape index (κ1) is 16.8. The molecular weight excluding hydrogens is 338 g/mol. The molecule has 0 fully saturated rings. The predicted octanol–water partition coefficient (Wildman–Crippen LogP) is 5.85. The van der Waals surface area contributed by atoms with Crippen molar-refractivity contribution < 1.29 is 4.79 Å². The molecule has 1 amide bonds. The van der Waals surface area contributed by atoms with Gasteiger partial charge in [-0.3, -0.25) is 4.79 Å². The maximum atomic E-state index is 12.5. The van der Waals surface area contributed by atoms with Crippen molar-refractivity contribution in [3.05, 3.63) is 64.1 Å². The van der Waals surface area contributed by atoms with Crippen LogP contribution in [0.1, 0.15) is 49.0 Å². The lowest BCUT2D eigenvalue weighted by molar-refractivity contribution is 0.102. The van der Waals surface area contributed by atoms with Gasteiger partial charge in [0.25, 0.3) is 5.91 Å². The average Bonchev–Trinajstić information content (AvgIpc) is 2.47. The van der Waals surface area contributed by atoms with Crippen molar-refractivity contribution in [2.24, 2.45) is 5.92 Å². The smallest absolute Gasteiger partial charge is 0.256 e. The van der Waals surface area contributed by atoms with Crippen LogP contribution in [0.25, 0.3) is 0 Å². The van der Waals surface area contributed by atoms with Crippen LogP contribution in [0.5, 0.6) is 0 Å². The zero-order chi connectivity index (χ0) is 16.1. The molecule has 1 atom stereocenters. The Morgan fingerprint density at radius 3 is 2.36 bits per heavy atom. The fourth-order valence-electron chi connectivity index (χ4n) is 2.71. The van der Waals surface area contributed by atoms with E-state index in [0.29, 0.717) is 17.4 Å². The largest absolute Gasteiger partial charge is 0.322 e. The molecule has 2 nitrogen and oxygen atoms in total. The number of amides is 1. The van der Waals surface area contributed by atoms with Gasteiger partial charge in [-0.15, -0.1) is 0 Å². The van der Waals surface area contributed by atoms with E-state index in [-0.39, 0.29) is 5.91 Å². The van der Waals surface area contributed by atoms with Crippen LogP contribution in [-0.4, -0.2) is 5.91 Å². The monoisotopic (exact) mass is 359 g/mol. The lowest BCUT2D eigenvalue weighted by Crippen LogP contribution is -2.14. The number of anilines is 1. The first-order chi connectivity index (χ1) is 10.5. The molecule has 0 saturated heterocycles. The maximum absolute atomic E-state index is 12.5. The first-order valence-electron chi connectivity index (χ1n) is 7.64. The summed E-state index contributed by atoms with van der Waals surface area (Å²) in [4.78, 5) is 12.5. The number of nitrogens with one attached hydrogen (secondary N) is 1. The third-order valence-corrected chi connectivity index (χ3v) is 4.37.